The molecule has 1 N–H and O–H groups in total. The summed E-state index contributed by atoms with van der Waals surface area (Å²) in [6.45, 7) is 0. The predicted molar refractivity (Wildman–Crippen MR) is 30.0 cm³/mol. The number of methoxy groups -OCH3 is 1. The molecule has 0 bridgehead atoms. The fraction of sp³-hybridized carbons (Fsp3) is 0.200. The fourth-order valence-corrected chi connectivity index (χ4v) is 0.519. The highest BCUT2D eigenvalue weighted by Gasteiger charge is 2.14. The van der Waals surface area contributed by atoms with Gasteiger partial charge in [-0.2, -0.15) is 0 Å². The molecule has 0 saturated heterocycles. The van der Waals surface area contributed by atoms with Gasteiger partial charge in [0, 0.05) is 0 Å². The van der Waals surface area contributed by atoms with Gasteiger partial charge in [0.25, 0.3) is 0 Å². The molecule has 0 spiro atoms. The van der Waals surface area contributed by atoms with Gasteiger partial charge in [-0.1, -0.05) is 5.16 Å². The molecule has 0 aromatic carbocycles. The Labute approximate surface area is 56.2 Å². The maximum Gasteiger partial charge on any atom is 0.344 e. The molecular weight excluding hydrogens is 138 g/mol. The number of carbonyl (C=O) groups is 1. The van der Waals surface area contributed by atoms with Gasteiger partial charge in [-0.15, -0.1) is 0 Å². The van der Waals surface area contributed by atoms with E-state index in [0.717, 1.165) is 6.20 Å². The number of carboxylic acid groups (broad SMARTS) is 1. The number of rotatable bonds is 2. The summed E-state index contributed by atoms with van der Waals surface area (Å²) in [6.07, 6.45) is 1.08. The van der Waals surface area contributed by atoms with Crippen molar-refractivity contribution in [2.45, 2.75) is 0 Å². The van der Waals surface area contributed by atoms with E-state index in [1.807, 2.05) is 0 Å². The van der Waals surface area contributed by atoms with Crippen LogP contribution in [0, 0.1) is 0 Å². The van der Waals surface area contributed by atoms with Crippen LogP contribution in [0.15, 0.2) is 10.7 Å². The third-order valence-corrected chi connectivity index (χ3v) is 0.953. The van der Waals surface area contributed by atoms with E-state index in [1.54, 1.807) is 0 Å². The Morgan fingerprint density at radius 1 is 1.90 bits per heavy atom. The minimum atomic E-state index is -1.11. The average Bonchev–Trinajstić information content (AvgIpc) is 2.33. The average molecular weight is 143 g/mol. The Hall–Kier alpha value is -1.52. The number of ether oxygens (including phenoxy) is 1. The normalized spacial score (nSPS) is 9.30. The van der Waals surface area contributed by atoms with E-state index >= 15 is 0 Å². The fourth-order valence-electron chi connectivity index (χ4n) is 0.519. The van der Waals surface area contributed by atoms with Crippen molar-refractivity contribution in [3.63, 3.8) is 0 Å². The first-order valence-electron chi connectivity index (χ1n) is 2.47. The van der Waals surface area contributed by atoms with Gasteiger partial charge in [0.05, 0.1) is 13.3 Å². The number of hydrogen-bond donors (Lipinski definition) is 1. The molecule has 0 radical (unpaired) electrons. The maximum atomic E-state index is 10.3. The van der Waals surface area contributed by atoms with Crippen LogP contribution in [0.5, 0.6) is 5.95 Å². The molecule has 0 unspecified atom stereocenters. The van der Waals surface area contributed by atoms with Crippen LogP contribution in [-0.2, 0) is 0 Å². The van der Waals surface area contributed by atoms with Crippen molar-refractivity contribution in [3.05, 3.63) is 11.8 Å². The van der Waals surface area contributed by atoms with E-state index in [9.17, 15) is 4.79 Å². The zero-order chi connectivity index (χ0) is 7.56. The second-order valence-electron chi connectivity index (χ2n) is 1.54. The van der Waals surface area contributed by atoms with E-state index in [-0.39, 0.29) is 11.5 Å². The lowest BCUT2D eigenvalue weighted by atomic mass is 10.4. The molecule has 0 aliphatic carbocycles. The summed E-state index contributed by atoms with van der Waals surface area (Å²) in [5.41, 5.74) is -0.0671. The number of nitrogens with zero attached hydrogens (tertiary/aromatic N) is 1. The quantitative estimate of drug-likeness (QED) is 0.647. The smallest absolute Gasteiger partial charge is 0.344 e. The number of hydrogen-bond acceptors (Lipinski definition) is 4. The first-order valence-corrected chi connectivity index (χ1v) is 2.47. The summed E-state index contributed by atoms with van der Waals surface area (Å²) < 4.78 is 8.96. The number of aromatic carboxylic acids is 1. The van der Waals surface area contributed by atoms with Gasteiger partial charge in [0.1, 0.15) is 0 Å². The molecule has 5 heteroatoms. The summed E-state index contributed by atoms with van der Waals surface area (Å²) in [6, 6.07) is 0. The van der Waals surface area contributed by atoms with Crippen LogP contribution in [0.3, 0.4) is 0 Å². The van der Waals surface area contributed by atoms with Gasteiger partial charge in [0.2, 0.25) is 0 Å². The van der Waals surface area contributed by atoms with Crippen LogP contribution in [-0.4, -0.2) is 23.3 Å². The molecule has 54 valence electrons. The highest BCUT2D eigenvalue weighted by atomic mass is 16.6. The lowest BCUT2D eigenvalue weighted by molar-refractivity contribution is 0.0690. The summed E-state index contributed by atoms with van der Waals surface area (Å²) in [5, 5.41) is 11.6. The minimum Gasteiger partial charge on any atom is -0.477 e. The van der Waals surface area contributed by atoms with Gasteiger partial charge in [-0.3, -0.25) is 0 Å². The van der Waals surface area contributed by atoms with Crippen molar-refractivity contribution in [2.24, 2.45) is 0 Å². The molecule has 5 nitrogen and oxygen atoms in total. The standard InChI is InChI=1S/C5H5NO4/c1-9-5-3(4(7)8)2-6-10-5/h2H,1H3,(H,7,8). The molecule has 0 saturated carbocycles. The van der Waals surface area contributed by atoms with Gasteiger partial charge in [-0.25, -0.2) is 4.79 Å². The largest absolute Gasteiger partial charge is 0.477 e. The predicted octanol–water partition coefficient (Wildman–Crippen LogP) is 0.381. The Kier molecular flexibility index (Phi) is 1.57. The number of carboxylic acids is 1. The summed E-state index contributed by atoms with van der Waals surface area (Å²) in [5.74, 6) is -1.19. The van der Waals surface area contributed by atoms with Crippen molar-refractivity contribution < 1.29 is 19.2 Å². The summed E-state index contributed by atoms with van der Waals surface area (Å²) in [7, 11) is 1.31. The zero-order valence-corrected chi connectivity index (χ0v) is 5.20. The third-order valence-electron chi connectivity index (χ3n) is 0.953. The van der Waals surface area contributed by atoms with Crippen molar-refractivity contribution in [1.29, 1.82) is 0 Å². The Balaban J connectivity index is 3.01. The van der Waals surface area contributed by atoms with Crippen LogP contribution in [0.1, 0.15) is 10.4 Å². The van der Waals surface area contributed by atoms with Gasteiger partial charge in [-0.05, 0) is 0 Å². The highest BCUT2D eigenvalue weighted by Crippen LogP contribution is 2.15. The summed E-state index contributed by atoms with van der Waals surface area (Å²) in [4.78, 5) is 10.3. The Bertz CT molecular complexity index is 242. The molecule has 1 aromatic rings. The second kappa shape index (κ2) is 2.38. The molecule has 0 aliphatic rings. The lowest BCUT2D eigenvalue weighted by Gasteiger charge is -1.90. The second-order valence-corrected chi connectivity index (χ2v) is 1.54. The van der Waals surface area contributed by atoms with Crippen LogP contribution >= 0.6 is 0 Å². The van der Waals surface area contributed by atoms with E-state index in [0.29, 0.717) is 0 Å². The van der Waals surface area contributed by atoms with Crippen LogP contribution in [0.25, 0.3) is 0 Å². The molecule has 0 atom stereocenters. The Morgan fingerprint density at radius 3 is 3.00 bits per heavy atom. The molecule has 0 aliphatic heterocycles. The third kappa shape index (κ3) is 0.928. The van der Waals surface area contributed by atoms with Crippen molar-refractivity contribution in [3.8, 4) is 5.95 Å². The highest BCUT2D eigenvalue weighted by molar-refractivity contribution is 5.89. The van der Waals surface area contributed by atoms with E-state index in [4.69, 9.17) is 5.11 Å². The van der Waals surface area contributed by atoms with E-state index < -0.39 is 5.97 Å². The molecule has 10 heavy (non-hydrogen) atoms. The lowest BCUT2D eigenvalue weighted by Crippen LogP contribution is -1.96. The van der Waals surface area contributed by atoms with Gasteiger partial charge >= 0.3 is 11.9 Å². The molecule has 1 aromatic heterocycles. The van der Waals surface area contributed by atoms with Gasteiger partial charge < -0.3 is 14.4 Å². The maximum absolute atomic E-state index is 10.3. The van der Waals surface area contributed by atoms with Crippen LogP contribution < -0.4 is 4.74 Å². The summed E-state index contributed by atoms with van der Waals surface area (Å²) >= 11 is 0. The SMILES string of the molecule is COc1oncc1C(=O)O. The first kappa shape index (κ1) is 6.60. The van der Waals surface area contributed by atoms with E-state index in [2.05, 4.69) is 14.4 Å². The van der Waals surface area contributed by atoms with Crippen molar-refractivity contribution in [2.75, 3.05) is 7.11 Å². The topological polar surface area (TPSA) is 72.6 Å². The monoisotopic (exact) mass is 143 g/mol. The zero-order valence-electron chi connectivity index (χ0n) is 5.20. The Morgan fingerprint density at radius 2 is 2.60 bits per heavy atom. The van der Waals surface area contributed by atoms with Gasteiger partial charge in [0.15, 0.2) is 5.56 Å². The molecule has 0 amide bonds. The van der Waals surface area contributed by atoms with Crippen molar-refractivity contribution in [1.82, 2.24) is 5.16 Å². The molecular formula is C5H5NO4. The number of aromatic nitrogens is 1. The molecule has 0 fully saturated rings. The molecule has 1 heterocycles. The van der Waals surface area contributed by atoms with Crippen molar-refractivity contribution >= 4 is 5.97 Å². The van der Waals surface area contributed by atoms with Crippen LogP contribution in [0.2, 0.25) is 0 Å². The molecule has 1 rings (SSSR count). The van der Waals surface area contributed by atoms with Crippen LogP contribution in [0.4, 0.5) is 0 Å². The first-order chi connectivity index (χ1) is 4.75. The van der Waals surface area contributed by atoms with E-state index in [1.165, 1.54) is 7.11 Å². The minimum absolute atomic E-state index is 0.0671.